The molecule has 0 aromatic heterocycles. The molecule has 0 aliphatic carbocycles. The first-order valence-corrected chi connectivity index (χ1v) is 6.22. The van der Waals surface area contributed by atoms with Crippen molar-refractivity contribution in [3.8, 4) is 0 Å². The van der Waals surface area contributed by atoms with Crippen LogP contribution in [-0.4, -0.2) is 19.0 Å². The number of halogens is 1. The molecule has 1 amide bonds. The van der Waals surface area contributed by atoms with Crippen molar-refractivity contribution in [2.75, 3.05) is 18.4 Å². The third kappa shape index (κ3) is 5.59. The molecular formula is C13H19ClN2O. The number of rotatable bonds is 6. The van der Waals surface area contributed by atoms with E-state index in [9.17, 15) is 4.79 Å². The molecule has 0 aliphatic heterocycles. The van der Waals surface area contributed by atoms with Crippen LogP contribution in [-0.2, 0) is 4.79 Å². The zero-order valence-corrected chi connectivity index (χ0v) is 11.1. The Labute approximate surface area is 108 Å². The van der Waals surface area contributed by atoms with Crippen LogP contribution in [0.3, 0.4) is 0 Å². The molecule has 0 radical (unpaired) electrons. The predicted molar refractivity (Wildman–Crippen MR) is 72.4 cm³/mol. The van der Waals surface area contributed by atoms with Crippen LogP contribution in [0.2, 0.25) is 5.02 Å². The Bertz CT molecular complexity index is 366. The number of anilines is 1. The molecule has 2 N–H and O–H groups in total. The van der Waals surface area contributed by atoms with Crippen molar-refractivity contribution in [3.05, 3.63) is 29.3 Å². The Morgan fingerprint density at radius 1 is 1.35 bits per heavy atom. The molecule has 0 atom stereocenters. The summed E-state index contributed by atoms with van der Waals surface area (Å²) < 4.78 is 0. The lowest BCUT2D eigenvalue weighted by molar-refractivity contribution is -0.119. The average molecular weight is 255 g/mol. The Balaban J connectivity index is 2.26. The Hall–Kier alpha value is -1.22. The lowest BCUT2D eigenvalue weighted by Gasteiger charge is -2.09. The zero-order valence-electron chi connectivity index (χ0n) is 10.3. The zero-order chi connectivity index (χ0) is 12.7. The van der Waals surface area contributed by atoms with E-state index < -0.39 is 0 Å². The van der Waals surface area contributed by atoms with Gasteiger partial charge in [0.15, 0.2) is 0 Å². The van der Waals surface area contributed by atoms with Gasteiger partial charge >= 0.3 is 0 Å². The maximum Gasteiger partial charge on any atom is 0.239 e. The molecule has 1 rings (SSSR count). The maximum absolute atomic E-state index is 11.5. The van der Waals surface area contributed by atoms with Gasteiger partial charge in [0, 0.05) is 6.54 Å². The number of para-hydroxylation sites is 1. The summed E-state index contributed by atoms with van der Waals surface area (Å²) >= 11 is 5.96. The first-order chi connectivity index (χ1) is 8.09. The van der Waals surface area contributed by atoms with Crippen molar-refractivity contribution in [3.63, 3.8) is 0 Å². The third-order valence-electron chi connectivity index (χ3n) is 2.36. The predicted octanol–water partition coefficient (Wildman–Crippen LogP) is 2.91. The minimum atomic E-state index is -0.00873. The van der Waals surface area contributed by atoms with Gasteiger partial charge in [-0.1, -0.05) is 37.6 Å². The second-order valence-electron chi connectivity index (χ2n) is 4.37. The molecular weight excluding hydrogens is 236 g/mol. The monoisotopic (exact) mass is 254 g/mol. The van der Waals surface area contributed by atoms with Gasteiger partial charge < -0.3 is 10.6 Å². The summed E-state index contributed by atoms with van der Waals surface area (Å²) in [7, 11) is 0. The highest BCUT2D eigenvalue weighted by molar-refractivity contribution is 6.33. The van der Waals surface area contributed by atoms with Gasteiger partial charge in [0.25, 0.3) is 0 Å². The minimum absolute atomic E-state index is 0.00873. The van der Waals surface area contributed by atoms with E-state index in [0.29, 0.717) is 10.9 Å². The SMILES string of the molecule is CC(C)CCNC(=O)CNc1ccccc1Cl. The lowest BCUT2D eigenvalue weighted by atomic mass is 10.1. The summed E-state index contributed by atoms with van der Waals surface area (Å²) in [6.07, 6.45) is 0.998. The van der Waals surface area contributed by atoms with Gasteiger partial charge in [-0.25, -0.2) is 0 Å². The quantitative estimate of drug-likeness (QED) is 0.820. The number of carbonyl (C=O) groups is 1. The van der Waals surface area contributed by atoms with Crippen LogP contribution in [0.15, 0.2) is 24.3 Å². The number of hydrogen-bond donors (Lipinski definition) is 2. The first kappa shape index (κ1) is 13.8. The second-order valence-corrected chi connectivity index (χ2v) is 4.77. The van der Waals surface area contributed by atoms with Crippen molar-refractivity contribution in [1.82, 2.24) is 5.32 Å². The topological polar surface area (TPSA) is 41.1 Å². The molecule has 0 spiro atoms. The van der Waals surface area contributed by atoms with E-state index in [1.165, 1.54) is 0 Å². The second kappa shape index (κ2) is 7.17. The van der Waals surface area contributed by atoms with Crippen molar-refractivity contribution in [1.29, 1.82) is 0 Å². The highest BCUT2D eigenvalue weighted by atomic mass is 35.5. The van der Waals surface area contributed by atoms with Crippen molar-refractivity contribution in [2.45, 2.75) is 20.3 Å². The molecule has 94 valence electrons. The fourth-order valence-corrected chi connectivity index (χ4v) is 1.55. The molecule has 0 unspecified atom stereocenters. The Kier molecular flexibility index (Phi) is 5.84. The van der Waals surface area contributed by atoms with Crippen molar-refractivity contribution < 1.29 is 4.79 Å². The summed E-state index contributed by atoms with van der Waals surface area (Å²) in [5.41, 5.74) is 0.785. The van der Waals surface area contributed by atoms with Crippen LogP contribution in [0, 0.1) is 5.92 Å². The van der Waals surface area contributed by atoms with Crippen LogP contribution in [0.4, 0.5) is 5.69 Å². The number of benzene rings is 1. The molecule has 0 heterocycles. The summed E-state index contributed by atoms with van der Waals surface area (Å²) in [5, 5.41) is 6.49. The highest BCUT2D eigenvalue weighted by Gasteiger charge is 2.03. The smallest absolute Gasteiger partial charge is 0.239 e. The molecule has 0 bridgehead atoms. The largest absolute Gasteiger partial charge is 0.375 e. The number of amides is 1. The van der Waals surface area contributed by atoms with Crippen molar-refractivity contribution in [2.24, 2.45) is 5.92 Å². The average Bonchev–Trinajstić information content (AvgIpc) is 2.27. The van der Waals surface area contributed by atoms with E-state index in [1.54, 1.807) is 6.07 Å². The lowest BCUT2D eigenvalue weighted by Crippen LogP contribution is -2.31. The summed E-state index contributed by atoms with van der Waals surface area (Å²) in [5.74, 6) is 0.595. The van der Waals surface area contributed by atoms with E-state index in [1.807, 2.05) is 18.2 Å². The van der Waals surface area contributed by atoms with E-state index in [2.05, 4.69) is 24.5 Å². The van der Waals surface area contributed by atoms with Gasteiger partial charge in [0.05, 0.1) is 17.3 Å². The first-order valence-electron chi connectivity index (χ1n) is 5.84. The number of hydrogen-bond acceptors (Lipinski definition) is 2. The van der Waals surface area contributed by atoms with Gasteiger partial charge in [0.2, 0.25) is 5.91 Å². The van der Waals surface area contributed by atoms with E-state index in [0.717, 1.165) is 18.7 Å². The molecule has 3 nitrogen and oxygen atoms in total. The van der Waals surface area contributed by atoms with Crippen LogP contribution in [0.1, 0.15) is 20.3 Å². The van der Waals surface area contributed by atoms with Gasteiger partial charge in [-0.05, 0) is 24.5 Å². The fraction of sp³-hybridized carbons (Fsp3) is 0.462. The standard InChI is InChI=1S/C13H19ClN2O/c1-10(2)7-8-15-13(17)9-16-12-6-4-3-5-11(12)14/h3-6,10,16H,7-9H2,1-2H3,(H,15,17). The number of carbonyl (C=O) groups excluding carboxylic acids is 1. The minimum Gasteiger partial charge on any atom is -0.375 e. The van der Waals surface area contributed by atoms with Crippen LogP contribution >= 0.6 is 11.6 Å². The van der Waals surface area contributed by atoms with E-state index in [-0.39, 0.29) is 12.5 Å². The number of nitrogens with one attached hydrogen (secondary N) is 2. The fourth-order valence-electron chi connectivity index (χ4n) is 1.34. The van der Waals surface area contributed by atoms with Gasteiger partial charge in [-0.15, -0.1) is 0 Å². The van der Waals surface area contributed by atoms with Crippen LogP contribution in [0.5, 0.6) is 0 Å². The molecule has 17 heavy (non-hydrogen) atoms. The van der Waals surface area contributed by atoms with Crippen LogP contribution in [0.25, 0.3) is 0 Å². The van der Waals surface area contributed by atoms with Gasteiger partial charge in [0.1, 0.15) is 0 Å². The van der Waals surface area contributed by atoms with E-state index >= 15 is 0 Å². The third-order valence-corrected chi connectivity index (χ3v) is 2.69. The Morgan fingerprint density at radius 3 is 2.71 bits per heavy atom. The van der Waals surface area contributed by atoms with Crippen molar-refractivity contribution >= 4 is 23.2 Å². The van der Waals surface area contributed by atoms with Gasteiger partial charge in [-0.2, -0.15) is 0 Å². The molecule has 1 aromatic carbocycles. The molecule has 0 fully saturated rings. The normalized spacial score (nSPS) is 10.4. The molecule has 1 aromatic rings. The highest BCUT2D eigenvalue weighted by Crippen LogP contribution is 2.19. The van der Waals surface area contributed by atoms with Gasteiger partial charge in [-0.3, -0.25) is 4.79 Å². The van der Waals surface area contributed by atoms with Crippen LogP contribution < -0.4 is 10.6 Å². The Morgan fingerprint density at radius 2 is 2.06 bits per heavy atom. The van der Waals surface area contributed by atoms with E-state index in [4.69, 9.17) is 11.6 Å². The molecule has 0 saturated carbocycles. The molecule has 4 heteroatoms. The molecule has 0 aliphatic rings. The summed E-state index contributed by atoms with van der Waals surface area (Å²) in [6.45, 7) is 5.24. The summed E-state index contributed by atoms with van der Waals surface area (Å²) in [4.78, 5) is 11.5. The summed E-state index contributed by atoms with van der Waals surface area (Å²) in [6, 6.07) is 7.38. The molecule has 0 saturated heterocycles. The maximum atomic E-state index is 11.5.